The van der Waals surface area contributed by atoms with Gasteiger partial charge in [0, 0.05) is 24.6 Å². The van der Waals surface area contributed by atoms with E-state index in [1.165, 1.54) is 0 Å². The number of carboxylic acid groups (broad SMARTS) is 1. The summed E-state index contributed by atoms with van der Waals surface area (Å²) in [5, 5.41) is 11.9. The van der Waals surface area contributed by atoms with Gasteiger partial charge in [0.2, 0.25) is 0 Å². The van der Waals surface area contributed by atoms with E-state index in [1.54, 1.807) is 26.2 Å². The van der Waals surface area contributed by atoms with Gasteiger partial charge >= 0.3 is 5.97 Å². The first-order valence-corrected chi connectivity index (χ1v) is 6.52. The third-order valence-electron chi connectivity index (χ3n) is 3.45. The van der Waals surface area contributed by atoms with E-state index in [9.17, 15) is 9.59 Å². The zero-order valence-electron chi connectivity index (χ0n) is 12.2. The molecular weight excluding hydrogens is 270 g/mol. The summed E-state index contributed by atoms with van der Waals surface area (Å²) in [6.07, 6.45) is 3.40. The van der Waals surface area contributed by atoms with Crippen LogP contribution in [0.25, 0.3) is 0 Å². The molecule has 0 radical (unpaired) electrons. The topological polar surface area (TPSA) is 95.1 Å². The quantitative estimate of drug-likeness (QED) is 0.801. The highest BCUT2D eigenvalue weighted by molar-refractivity contribution is 6.00. The van der Waals surface area contributed by atoms with Crippen molar-refractivity contribution in [2.45, 2.75) is 27.3 Å². The maximum atomic E-state index is 12.3. The number of aryl methyl sites for hydroxylation is 2. The molecule has 0 fully saturated rings. The van der Waals surface area contributed by atoms with Crippen LogP contribution in [0.2, 0.25) is 0 Å². The molecule has 0 aliphatic heterocycles. The van der Waals surface area contributed by atoms with Crippen molar-refractivity contribution in [1.29, 1.82) is 0 Å². The number of amides is 1. The minimum atomic E-state index is -1.07. The van der Waals surface area contributed by atoms with Crippen molar-refractivity contribution in [3.63, 3.8) is 0 Å². The predicted octanol–water partition coefficient (Wildman–Crippen LogP) is 1.96. The second-order valence-corrected chi connectivity index (χ2v) is 4.91. The van der Waals surface area contributed by atoms with Crippen LogP contribution >= 0.6 is 0 Å². The van der Waals surface area contributed by atoms with Gasteiger partial charge in [-0.3, -0.25) is 9.78 Å². The second-order valence-electron chi connectivity index (χ2n) is 4.91. The Morgan fingerprint density at radius 1 is 1.33 bits per heavy atom. The molecule has 0 aromatic carbocycles. The summed E-state index contributed by atoms with van der Waals surface area (Å²) < 4.78 is 0. The number of hydrogen-bond acceptors (Lipinski definition) is 3. The summed E-state index contributed by atoms with van der Waals surface area (Å²) in [5.41, 5.74) is 3.41. The van der Waals surface area contributed by atoms with Gasteiger partial charge in [0.1, 0.15) is 5.69 Å². The lowest BCUT2D eigenvalue weighted by Gasteiger charge is -2.08. The summed E-state index contributed by atoms with van der Waals surface area (Å²) in [6, 6.07) is 1.84. The molecule has 3 N–H and O–H groups in total. The molecule has 6 nitrogen and oxygen atoms in total. The molecule has 0 atom stereocenters. The van der Waals surface area contributed by atoms with Gasteiger partial charge in [0.05, 0.1) is 5.56 Å². The number of carboxylic acids is 1. The maximum absolute atomic E-state index is 12.3. The van der Waals surface area contributed by atoms with Crippen molar-refractivity contribution in [1.82, 2.24) is 15.3 Å². The summed E-state index contributed by atoms with van der Waals surface area (Å²) in [6.45, 7) is 5.61. The first kappa shape index (κ1) is 14.8. The number of carbonyl (C=O) groups excluding carboxylic acids is 1. The summed E-state index contributed by atoms with van der Waals surface area (Å²) in [5.74, 6) is -1.36. The number of carbonyl (C=O) groups is 2. The van der Waals surface area contributed by atoms with Crippen LogP contribution in [0.15, 0.2) is 18.5 Å². The maximum Gasteiger partial charge on any atom is 0.352 e. The zero-order valence-corrected chi connectivity index (χ0v) is 12.2. The summed E-state index contributed by atoms with van der Waals surface area (Å²) >= 11 is 0. The van der Waals surface area contributed by atoms with Crippen LogP contribution in [0.5, 0.6) is 0 Å². The van der Waals surface area contributed by atoms with Crippen LogP contribution in [0.4, 0.5) is 0 Å². The lowest BCUT2D eigenvalue weighted by molar-refractivity contribution is 0.0690. The van der Waals surface area contributed by atoms with Gasteiger partial charge < -0.3 is 15.4 Å². The molecule has 1 amide bonds. The molecular formula is C15H17N3O3. The molecule has 0 saturated heterocycles. The van der Waals surface area contributed by atoms with Crippen LogP contribution in [0.3, 0.4) is 0 Å². The van der Waals surface area contributed by atoms with E-state index in [1.807, 2.05) is 13.0 Å². The number of H-pyrrole nitrogens is 1. The Morgan fingerprint density at radius 2 is 2.05 bits per heavy atom. The molecule has 110 valence electrons. The molecule has 2 rings (SSSR count). The monoisotopic (exact) mass is 287 g/mol. The number of rotatable bonds is 4. The molecule has 0 aliphatic rings. The van der Waals surface area contributed by atoms with E-state index in [0.717, 1.165) is 11.1 Å². The van der Waals surface area contributed by atoms with Crippen LogP contribution in [-0.2, 0) is 6.54 Å². The van der Waals surface area contributed by atoms with Crippen molar-refractivity contribution >= 4 is 11.9 Å². The van der Waals surface area contributed by atoms with E-state index in [2.05, 4.69) is 15.3 Å². The standard InChI is InChI=1S/C15H17N3O3/c1-8-6-16-5-4-11(8)7-17-14(19)12-9(2)13(15(20)21)18-10(12)3/h4-6,18H,7H2,1-3H3,(H,17,19)(H,20,21). The molecule has 0 unspecified atom stereocenters. The van der Waals surface area contributed by atoms with Crippen LogP contribution < -0.4 is 5.32 Å². The van der Waals surface area contributed by atoms with Gasteiger partial charge in [-0.05, 0) is 43.5 Å². The van der Waals surface area contributed by atoms with Gasteiger partial charge in [0.15, 0.2) is 0 Å². The fraction of sp³-hybridized carbons (Fsp3) is 0.267. The highest BCUT2D eigenvalue weighted by Crippen LogP contribution is 2.18. The Labute approximate surface area is 122 Å². The molecule has 0 spiro atoms. The number of nitrogens with zero attached hydrogens (tertiary/aromatic N) is 1. The summed E-state index contributed by atoms with van der Waals surface area (Å²) in [4.78, 5) is 30.1. The van der Waals surface area contributed by atoms with Gasteiger partial charge in [-0.15, -0.1) is 0 Å². The molecule has 2 heterocycles. The van der Waals surface area contributed by atoms with Gasteiger partial charge in [-0.25, -0.2) is 4.79 Å². The normalized spacial score (nSPS) is 10.4. The van der Waals surface area contributed by atoms with Gasteiger partial charge in [-0.2, -0.15) is 0 Å². The Kier molecular flexibility index (Phi) is 4.07. The predicted molar refractivity (Wildman–Crippen MR) is 77.4 cm³/mol. The number of nitrogens with one attached hydrogen (secondary N) is 2. The van der Waals surface area contributed by atoms with Crippen molar-refractivity contribution < 1.29 is 14.7 Å². The molecule has 6 heteroatoms. The van der Waals surface area contributed by atoms with Crippen molar-refractivity contribution in [2.75, 3.05) is 0 Å². The number of aromatic nitrogens is 2. The minimum absolute atomic E-state index is 0.0535. The SMILES string of the molecule is Cc1cnccc1CNC(=O)c1c(C)[nH]c(C(=O)O)c1C. The fourth-order valence-corrected chi connectivity index (χ4v) is 2.27. The van der Waals surface area contributed by atoms with E-state index < -0.39 is 5.97 Å². The highest BCUT2D eigenvalue weighted by Gasteiger charge is 2.21. The molecule has 0 saturated carbocycles. The van der Waals surface area contributed by atoms with E-state index >= 15 is 0 Å². The van der Waals surface area contributed by atoms with Crippen molar-refractivity contribution in [3.8, 4) is 0 Å². The van der Waals surface area contributed by atoms with Crippen LogP contribution in [-0.4, -0.2) is 27.0 Å². The van der Waals surface area contributed by atoms with Crippen molar-refractivity contribution in [3.05, 3.63) is 52.1 Å². The van der Waals surface area contributed by atoms with E-state index in [-0.39, 0.29) is 11.6 Å². The molecule has 0 aliphatic carbocycles. The number of aromatic carboxylic acids is 1. The molecule has 2 aromatic rings. The van der Waals surface area contributed by atoms with E-state index in [0.29, 0.717) is 23.4 Å². The number of pyridine rings is 1. The average Bonchev–Trinajstić information content (AvgIpc) is 2.73. The van der Waals surface area contributed by atoms with Gasteiger partial charge in [0.25, 0.3) is 5.91 Å². The largest absolute Gasteiger partial charge is 0.477 e. The third kappa shape index (κ3) is 2.94. The zero-order chi connectivity index (χ0) is 15.6. The minimum Gasteiger partial charge on any atom is -0.477 e. The van der Waals surface area contributed by atoms with Crippen LogP contribution in [0.1, 0.15) is 43.2 Å². The lowest BCUT2D eigenvalue weighted by Crippen LogP contribution is -2.24. The Hall–Kier alpha value is -2.63. The Balaban J connectivity index is 2.18. The number of aromatic amines is 1. The lowest BCUT2D eigenvalue weighted by atomic mass is 10.1. The third-order valence-corrected chi connectivity index (χ3v) is 3.45. The second kappa shape index (κ2) is 5.78. The first-order chi connectivity index (χ1) is 9.91. The Morgan fingerprint density at radius 3 is 2.62 bits per heavy atom. The fourth-order valence-electron chi connectivity index (χ4n) is 2.27. The molecule has 21 heavy (non-hydrogen) atoms. The molecule has 0 bridgehead atoms. The average molecular weight is 287 g/mol. The van der Waals surface area contributed by atoms with E-state index in [4.69, 9.17) is 5.11 Å². The summed E-state index contributed by atoms with van der Waals surface area (Å²) in [7, 11) is 0. The van der Waals surface area contributed by atoms with Crippen molar-refractivity contribution in [2.24, 2.45) is 0 Å². The smallest absolute Gasteiger partial charge is 0.352 e. The first-order valence-electron chi connectivity index (χ1n) is 6.52. The highest BCUT2D eigenvalue weighted by atomic mass is 16.4. The van der Waals surface area contributed by atoms with Gasteiger partial charge in [-0.1, -0.05) is 0 Å². The molecule has 2 aromatic heterocycles. The Bertz CT molecular complexity index is 704. The number of hydrogen-bond donors (Lipinski definition) is 3. The van der Waals surface area contributed by atoms with Crippen LogP contribution in [0, 0.1) is 20.8 Å².